The summed E-state index contributed by atoms with van der Waals surface area (Å²) in [4.78, 5) is 13.0. The lowest BCUT2D eigenvalue weighted by molar-refractivity contribution is -0.885. The van der Waals surface area contributed by atoms with E-state index in [0.717, 1.165) is 17.9 Å². The molecule has 1 amide bonds. The van der Waals surface area contributed by atoms with E-state index in [2.05, 4.69) is 36.5 Å². The average Bonchev–Trinajstić information content (AvgIpc) is 2.50. The van der Waals surface area contributed by atoms with Crippen molar-refractivity contribution in [3.63, 3.8) is 0 Å². The van der Waals surface area contributed by atoms with Crippen molar-refractivity contribution in [2.75, 3.05) is 18.9 Å². The number of benzene rings is 2. The number of anilines is 1. The van der Waals surface area contributed by atoms with Gasteiger partial charge in [0, 0.05) is 5.56 Å². The van der Waals surface area contributed by atoms with E-state index in [0.29, 0.717) is 6.54 Å². The molecule has 0 aliphatic carbocycles. The van der Waals surface area contributed by atoms with Crippen molar-refractivity contribution in [1.82, 2.24) is 0 Å². The molecule has 4 heteroatoms. The van der Waals surface area contributed by atoms with Crippen molar-refractivity contribution in [3.05, 3.63) is 65.5 Å². The highest BCUT2D eigenvalue weighted by molar-refractivity contribution is 5.91. The number of carbonyl (C=O) groups is 1. The lowest BCUT2D eigenvalue weighted by Crippen LogP contribution is -3.08. The number of amides is 1. The SMILES string of the molecule is CCc1ccc(C[NH+](C)CC(=O)Nc2ccccc2F)cc1. The molecule has 0 aliphatic heterocycles. The minimum absolute atomic E-state index is 0.187. The van der Waals surface area contributed by atoms with Crippen LogP contribution in [0.4, 0.5) is 10.1 Å². The summed E-state index contributed by atoms with van der Waals surface area (Å²) in [6.45, 7) is 3.18. The average molecular weight is 301 g/mol. The Morgan fingerprint density at radius 1 is 1.09 bits per heavy atom. The maximum atomic E-state index is 13.5. The van der Waals surface area contributed by atoms with Gasteiger partial charge in [0.2, 0.25) is 0 Å². The molecular formula is C18H22FN2O+. The first kappa shape index (κ1) is 16.2. The molecular weight excluding hydrogens is 279 g/mol. The maximum Gasteiger partial charge on any atom is 0.279 e. The molecule has 0 aromatic heterocycles. The molecule has 1 unspecified atom stereocenters. The number of halogens is 1. The molecule has 0 saturated carbocycles. The first-order valence-electron chi connectivity index (χ1n) is 7.52. The minimum Gasteiger partial charge on any atom is -0.326 e. The van der Waals surface area contributed by atoms with E-state index in [-0.39, 0.29) is 11.6 Å². The second kappa shape index (κ2) is 7.71. The van der Waals surface area contributed by atoms with Crippen LogP contribution in [0.5, 0.6) is 0 Å². The number of carbonyl (C=O) groups excluding carboxylic acids is 1. The van der Waals surface area contributed by atoms with Crippen LogP contribution in [0, 0.1) is 5.82 Å². The van der Waals surface area contributed by atoms with Crippen LogP contribution in [-0.4, -0.2) is 19.5 Å². The van der Waals surface area contributed by atoms with Crippen molar-refractivity contribution in [2.24, 2.45) is 0 Å². The van der Waals surface area contributed by atoms with E-state index in [9.17, 15) is 9.18 Å². The second-order valence-electron chi connectivity index (χ2n) is 5.51. The predicted molar refractivity (Wildman–Crippen MR) is 86.3 cm³/mol. The molecule has 2 N–H and O–H groups in total. The van der Waals surface area contributed by atoms with Gasteiger partial charge in [-0.3, -0.25) is 4.79 Å². The van der Waals surface area contributed by atoms with E-state index in [4.69, 9.17) is 0 Å². The van der Waals surface area contributed by atoms with Gasteiger partial charge >= 0.3 is 0 Å². The van der Waals surface area contributed by atoms with Gasteiger partial charge in [-0.2, -0.15) is 0 Å². The largest absolute Gasteiger partial charge is 0.326 e. The number of nitrogens with one attached hydrogen (secondary N) is 2. The summed E-state index contributed by atoms with van der Waals surface area (Å²) in [6.07, 6.45) is 1.02. The van der Waals surface area contributed by atoms with Crippen LogP contribution >= 0.6 is 0 Å². The van der Waals surface area contributed by atoms with Gasteiger partial charge in [-0.25, -0.2) is 4.39 Å². The molecule has 0 bridgehead atoms. The molecule has 2 aromatic rings. The van der Waals surface area contributed by atoms with Gasteiger partial charge in [0.15, 0.2) is 6.54 Å². The summed E-state index contributed by atoms with van der Waals surface area (Å²) in [7, 11) is 1.95. The third kappa shape index (κ3) is 4.67. The first-order chi connectivity index (χ1) is 10.6. The van der Waals surface area contributed by atoms with Gasteiger partial charge in [0.05, 0.1) is 12.7 Å². The van der Waals surface area contributed by atoms with Crippen LogP contribution in [0.2, 0.25) is 0 Å². The zero-order chi connectivity index (χ0) is 15.9. The fourth-order valence-electron chi connectivity index (χ4n) is 2.33. The quantitative estimate of drug-likeness (QED) is 0.841. The molecule has 0 spiro atoms. The maximum absolute atomic E-state index is 13.5. The smallest absolute Gasteiger partial charge is 0.279 e. The summed E-state index contributed by atoms with van der Waals surface area (Å²) in [5.41, 5.74) is 2.72. The van der Waals surface area contributed by atoms with E-state index in [1.165, 1.54) is 17.2 Å². The van der Waals surface area contributed by atoms with Crippen LogP contribution in [-0.2, 0) is 17.8 Å². The molecule has 0 fully saturated rings. The van der Waals surface area contributed by atoms with Crippen molar-refractivity contribution in [3.8, 4) is 0 Å². The number of rotatable bonds is 6. The number of quaternary nitrogens is 1. The normalized spacial score (nSPS) is 12.0. The number of hydrogen-bond donors (Lipinski definition) is 2. The zero-order valence-electron chi connectivity index (χ0n) is 13.0. The Bertz CT molecular complexity index is 625. The van der Waals surface area contributed by atoms with E-state index in [1.807, 2.05) is 7.05 Å². The standard InChI is InChI=1S/C18H21FN2O/c1-3-14-8-10-15(11-9-14)12-21(2)13-18(22)20-17-7-5-4-6-16(17)19/h4-11H,3,12-13H2,1-2H3,(H,20,22)/p+1. The van der Waals surface area contributed by atoms with Crippen molar-refractivity contribution >= 4 is 11.6 Å². The van der Waals surface area contributed by atoms with Crippen LogP contribution in [0.25, 0.3) is 0 Å². The molecule has 0 heterocycles. The number of hydrogen-bond acceptors (Lipinski definition) is 1. The molecule has 2 aromatic carbocycles. The summed E-state index contributed by atoms with van der Waals surface area (Å²) >= 11 is 0. The second-order valence-corrected chi connectivity index (χ2v) is 5.51. The summed E-state index contributed by atoms with van der Waals surface area (Å²) in [6, 6.07) is 14.6. The van der Waals surface area contributed by atoms with Gasteiger partial charge in [0.25, 0.3) is 5.91 Å². The zero-order valence-corrected chi connectivity index (χ0v) is 13.0. The molecule has 0 saturated heterocycles. The highest BCUT2D eigenvalue weighted by Gasteiger charge is 2.12. The van der Waals surface area contributed by atoms with Crippen molar-refractivity contribution < 1.29 is 14.1 Å². The molecule has 1 atom stereocenters. The van der Waals surface area contributed by atoms with Crippen LogP contribution in [0.3, 0.4) is 0 Å². The van der Waals surface area contributed by atoms with Crippen LogP contribution in [0.1, 0.15) is 18.1 Å². The Morgan fingerprint density at radius 2 is 1.73 bits per heavy atom. The predicted octanol–water partition coefficient (Wildman–Crippen LogP) is 2.04. The Balaban J connectivity index is 1.87. The van der Waals surface area contributed by atoms with Gasteiger partial charge in [-0.1, -0.05) is 43.3 Å². The molecule has 0 aliphatic rings. The third-order valence-electron chi connectivity index (χ3n) is 3.55. The van der Waals surface area contributed by atoms with Crippen LogP contribution < -0.4 is 10.2 Å². The Labute approximate surface area is 130 Å². The molecule has 0 radical (unpaired) electrons. The summed E-state index contributed by atoms with van der Waals surface area (Å²) in [5, 5.41) is 2.61. The topological polar surface area (TPSA) is 33.5 Å². The highest BCUT2D eigenvalue weighted by Crippen LogP contribution is 2.11. The van der Waals surface area contributed by atoms with Crippen molar-refractivity contribution in [1.29, 1.82) is 0 Å². The molecule has 22 heavy (non-hydrogen) atoms. The van der Waals surface area contributed by atoms with Crippen molar-refractivity contribution in [2.45, 2.75) is 19.9 Å². The van der Waals surface area contributed by atoms with Crippen LogP contribution in [0.15, 0.2) is 48.5 Å². The molecule has 116 valence electrons. The van der Waals surface area contributed by atoms with E-state index in [1.54, 1.807) is 18.2 Å². The Morgan fingerprint density at radius 3 is 2.36 bits per heavy atom. The first-order valence-corrected chi connectivity index (χ1v) is 7.52. The lowest BCUT2D eigenvalue weighted by Gasteiger charge is -2.14. The minimum atomic E-state index is -0.413. The lowest BCUT2D eigenvalue weighted by atomic mass is 10.1. The highest BCUT2D eigenvalue weighted by atomic mass is 19.1. The fourth-order valence-corrected chi connectivity index (χ4v) is 2.33. The number of aryl methyl sites for hydroxylation is 1. The van der Waals surface area contributed by atoms with Gasteiger partial charge in [0.1, 0.15) is 12.4 Å². The van der Waals surface area contributed by atoms with Gasteiger partial charge in [-0.15, -0.1) is 0 Å². The molecule has 3 nitrogen and oxygen atoms in total. The summed E-state index contributed by atoms with van der Waals surface area (Å²) < 4.78 is 13.5. The third-order valence-corrected chi connectivity index (χ3v) is 3.55. The molecule has 2 rings (SSSR count). The fraction of sp³-hybridized carbons (Fsp3) is 0.278. The number of likely N-dealkylation sites (N-methyl/N-ethyl adjacent to an activating group) is 1. The van der Waals surface area contributed by atoms with E-state index >= 15 is 0 Å². The number of para-hydroxylation sites is 1. The summed E-state index contributed by atoms with van der Waals surface area (Å²) in [5.74, 6) is -0.601. The Hall–Kier alpha value is -2.20. The van der Waals surface area contributed by atoms with E-state index < -0.39 is 5.82 Å². The Kier molecular flexibility index (Phi) is 5.67. The monoisotopic (exact) mass is 301 g/mol. The van der Waals surface area contributed by atoms with Gasteiger partial charge < -0.3 is 10.2 Å². The van der Waals surface area contributed by atoms with Gasteiger partial charge in [-0.05, 0) is 24.1 Å².